The van der Waals surface area contributed by atoms with Gasteiger partial charge in [0, 0.05) is 23.8 Å². The van der Waals surface area contributed by atoms with Gasteiger partial charge in [-0.25, -0.2) is 0 Å². The Morgan fingerprint density at radius 1 is 0.950 bits per heavy atom. The second-order valence-electron chi connectivity index (χ2n) is 4.75. The van der Waals surface area contributed by atoms with Gasteiger partial charge < -0.3 is 15.0 Å². The number of hydrogen-bond acceptors (Lipinski definition) is 3. The monoisotopic (exact) mass is 288 g/mol. The predicted molar refractivity (Wildman–Crippen MR) is 84.2 cm³/mol. The molecule has 0 aliphatic carbocycles. The quantitative estimate of drug-likeness (QED) is 0.926. The van der Waals surface area contributed by atoms with Gasteiger partial charge in [-0.05, 0) is 36.4 Å². The summed E-state index contributed by atoms with van der Waals surface area (Å²) in [7, 11) is 0. The minimum atomic E-state index is 0.747. The maximum Gasteiger partial charge on any atom is 0.0642 e. The minimum Gasteiger partial charge on any atom is -0.378 e. The molecule has 20 heavy (non-hydrogen) atoms. The highest BCUT2D eigenvalue weighted by atomic mass is 35.5. The zero-order valence-corrected chi connectivity index (χ0v) is 11.9. The van der Waals surface area contributed by atoms with Gasteiger partial charge in [0.1, 0.15) is 0 Å². The van der Waals surface area contributed by atoms with Crippen LogP contribution in [0.5, 0.6) is 0 Å². The van der Waals surface area contributed by atoms with Crippen molar-refractivity contribution in [1.82, 2.24) is 0 Å². The molecule has 0 aromatic heterocycles. The van der Waals surface area contributed by atoms with Gasteiger partial charge in [-0.3, -0.25) is 0 Å². The van der Waals surface area contributed by atoms with Crippen LogP contribution in [0.15, 0.2) is 48.5 Å². The number of hydrogen-bond donors (Lipinski definition) is 1. The highest BCUT2D eigenvalue weighted by molar-refractivity contribution is 6.30. The van der Waals surface area contributed by atoms with Crippen LogP contribution in [-0.2, 0) is 4.74 Å². The van der Waals surface area contributed by atoms with Crippen LogP contribution in [0.1, 0.15) is 0 Å². The topological polar surface area (TPSA) is 24.5 Å². The number of benzene rings is 2. The van der Waals surface area contributed by atoms with Crippen LogP contribution in [0.4, 0.5) is 17.1 Å². The second-order valence-corrected chi connectivity index (χ2v) is 5.18. The summed E-state index contributed by atoms with van der Waals surface area (Å²) in [4.78, 5) is 2.35. The molecule has 1 heterocycles. The molecule has 0 atom stereocenters. The van der Waals surface area contributed by atoms with Crippen LogP contribution >= 0.6 is 11.6 Å². The molecule has 3 nitrogen and oxygen atoms in total. The fourth-order valence-corrected chi connectivity index (χ4v) is 2.47. The maximum atomic E-state index is 5.92. The summed E-state index contributed by atoms with van der Waals surface area (Å²) in [5, 5.41) is 4.20. The van der Waals surface area contributed by atoms with E-state index in [-0.39, 0.29) is 0 Å². The minimum absolute atomic E-state index is 0.747. The van der Waals surface area contributed by atoms with Crippen LogP contribution in [-0.4, -0.2) is 26.3 Å². The van der Waals surface area contributed by atoms with Crippen molar-refractivity contribution in [1.29, 1.82) is 0 Å². The number of ether oxygens (including phenoxy) is 1. The molecule has 0 saturated carbocycles. The highest BCUT2D eigenvalue weighted by Gasteiger charge is 2.14. The first kappa shape index (κ1) is 13.3. The molecule has 1 aliphatic heterocycles. The summed E-state index contributed by atoms with van der Waals surface area (Å²) in [6, 6.07) is 16.1. The first-order valence-electron chi connectivity index (χ1n) is 6.77. The Bertz CT molecular complexity index is 565. The lowest BCUT2D eigenvalue weighted by atomic mass is 10.2. The van der Waals surface area contributed by atoms with E-state index >= 15 is 0 Å². The van der Waals surface area contributed by atoms with Crippen LogP contribution < -0.4 is 10.2 Å². The Morgan fingerprint density at radius 2 is 1.65 bits per heavy atom. The summed E-state index contributed by atoms with van der Waals surface area (Å²) in [6.07, 6.45) is 0. The van der Waals surface area contributed by atoms with E-state index < -0.39 is 0 Å². The number of morpholine rings is 1. The molecular formula is C16H17ClN2O. The number of halogens is 1. The van der Waals surface area contributed by atoms with Crippen molar-refractivity contribution < 1.29 is 4.74 Å². The molecule has 0 radical (unpaired) electrons. The van der Waals surface area contributed by atoms with Crippen LogP contribution in [0.3, 0.4) is 0 Å². The molecule has 3 rings (SSSR count). The summed E-state index contributed by atoms with van der Waals surface area (Å²) in [5.74, 6) is 0. The molecule has 1 saturated heterocycles. The fourth-order valence-electron chi connectivity index (χ4n) is 2.35. The summed E-state index contributed by atoms with van der Waals surface area (Å²) in [6.45, 7) is 3.43. The van der Waals surface area contributed by atoms with E-state index in [4.69, 9.17) is 16.3 Å². The Kier molecular flexibility index (Phi) is 4.09. The number of para-hydroxylation sites is 2. The zero-order chi connectivity index (χ0) is 13.8. The molecule has 1 aliphatic rings. The normalized spacial score (nSPS) is 15.2. The SMILES string of the molecule is Clc1ccc(Nc2ccccc2N2CCOCC2)cc1. The van der Waals surface area contributed by atoms with E-state index in [2.05, 4.69) is 28.4 Å². The molecule has 4 heteroatoms. The molecule has 1 N–H and O–H groups in total. The number of anilines is 3. The Morgan fingerprint density at radius 3 is 2.40 bits per heavy atom. The summed E-state index contributed by atoms with van der Waals surface area (Å²) in [5.41, 5.74) is 3.36. The number of rotatable bonds is 3. The van der Waals surface area contributed by atoms with Crippen molar-refractivity contribution in [3.05, 3.63) is 53.6 Å². The third kappa shape index (κ3) is 3.06. The van der Waals surface area contributed by atoms with E-state index in [1.807, 2.05) is 30.3 Å². The standard InChI is InChI=1S/C16H17ClN2O/c17-13-5-7-14(8-6-13)18-15-3-1-2-4-16(15)19-9-11-20-12-10-19/h1-8,18H,9-12H2. The van der Waals surface area contributed by atoms with Gasteiger partial charge in [0.2, 0.25) is 0 Å². The molecule has 0 bridgehead atoms. The lowest BCUT2D eigenvalue weighted by Gasteiger charge is -2.30. The fraction of sp³-hybridized carbons (Fsp3) is 0.250. The molecule has 0 spiro atoms. The van der Waals surface area contributed by atoms with Crippen LogP contribution in [0.25, 0.3) is 0 Å². The lowest BCUT2D eigenvalue weighted by Crippen LogP contribution is -2.36. The van der Waals surface area contributed by atoms with Crippen LogP contribution in [0.2, 0.25) is 5.02 Å². The van der Waals surface area contributed by atoms with E-state index in [9.17, 15) is 0 Å². The largest absolute Gasteiger partial charge is 0.378 e. The molecule has 2 aromatic carbocycles. The Labute approximate surface area is 124 Å². The maximum absolute atomic E-state index is 5.92. The molecule has 0 unspecified atom stereocenters. The smallest absolute Gasteiger partial charge is 0.0642 e. The molecule has 2 aromatic rings. The van der Waals surface area contributed by atoms with Crippen molar-refractivity contribution in [3.63, 3.8) is 0 Å². The third-order valence-electron chi connectivity index (χ3n) is 3.38. The van der Waals surface area contributed by atoms with Gasteiger partial charge >= 0.3 is 0 Å². The van der Waals surface area contributed by atoms with Crippen molar-refractivity contribution in [2.24, 2.45) is 0 Å². The van der Waals surface area contributed by atoms with Crippen molar-refractivity contribution >= 4 is 28.7 Å². The average molecular weight is 289 g/mol. The van der Waals surface area contributed by atoms with Crippen molar-refractivity contribution in [2.45, 2.75) is 0 Å². The zero-order valence-electron chi connectivity index (χ0n) is 11.2. The van der Waals surface area contributed by atoms with E-state index in [0.717, 1.165) is 42.7 Å². The van der Waals surface area contributed by atoms with E-state index in [1.54, 1.807) is 0 Å². The van der Waals surface area contributed by atoms with Crippen molar-refractivity contribution in [3.8, 4) is 0 Å². The Balaban J connectivity index is 1.83. The van der Waals surface area contributed by atoms with Gasteiger partial charge in [-0.2, -0.15) is 0 Å². The van der Waals surface area contributed by atoms with Gasteiger partial charge in [-0.15, -0.1) is 0 Å². The first-order valence-corrected chi connectivity index (χ1v) is 7.15. The highest BCUT2D eigenvalue weighted by Crippen LogP contribution is 2.29. The van der Waals surface area contributed by atoms with Gasteiger partial charge in [-0.1, -0.05) is 23.7 Å². The molecule has 0 amide bonds. The Hall–Kier alpha value is -1.71. The van der Waals surface area contributed by atoms with Gasteiger partial charge in [0.25, 0.3) is 0 Å². The van der Waals surface area contributed by atoms with E-state index in [0.29, 0.717) is 0 Å². The summed E-state index contributed by atoms with van der Waals surface area (Å²) < 4.78 is 5.42. The molecule has 1 fully saturated rings. The molecule has 104 valence electrons. The predicted octanol–water partition coefficient (Wildman–Crippen LogP) is 3.92. The molecular weight excluding hydrogens is 272 g/mol. The van der Waals surface area contributed by atoms with Crippen molar-refractivity contribution in [2.75, 3.05) is 36.5 Å². The third-order valence-corrected chi connectivity index (χ3v) is 3.63. The number of nitrogens with zero attached hydrogens (tertiary/aromatic N) is 1. The van der Waals surface area contributed by atoms with E-state index in [1.165, 1.54) is 5.69 Å². The van der Waals surface area contributed by atoms with Crippen LogP contribution in [0, 0.1) is 0 Å². The second kappa shape index (κ2) is 6.16. The lowest BCUT2D eigenvalue weighted by molar-refractivity contribution is 0.123. The van der Waals surface area contributed by atoms with Gasteiger partial charge in [0.15, 0.2) is 0 Å². The number of nitrogens with one attached hydrogen (secondary N) is 1. The summed E-state index contributed by atoms with van der Waals surface area (Å²) >= 11 is 5.92. The average Bonchev–Trinajstić information content (AvgIpc) is 2.51. The first-order chi connectivity index (χ1) is 9.83. The van der Waals surface area contributed by atoms with Gasteiger partial charge in [0.05, 0.1) is 24.6 Å².